The van der Waals surface area contributed by atoms with Crippen LogP contribution >= 0.6 is 0 Å². The van der Waals surface area contributed by atoms with Gasteiger partial charge < -0.3 is 14.2 Å². The summed E-state index contributed by atoms with van der Waals surface area (Å²) in [5.41, 5.74) is 1.93. The molecule has 2 aromatic carbocycles. The number of rotatable bonds is 9. The normalized spacial score (nSPS) is 11.5. The van der Waals surface area contributed by atoms with Crippen LogP contribution in [0.25, 0.3) is 0 Å². The molecular formula is C24H26O4. The molecule has 1 atom stereocenters. The van der Waals surface area contributed by atoms with Gasteiger partial charge in [-0.25, -0.2) is 4.79 Å². The van der Waals surface area contributed by atoms with Gasteiger partial charge in [0.05, 0.1) is 6.61 Å². The summed E-state index contributed by atoms with van der Waals surface area (Å²) in [5.74, 6) is 6.44. The predicted molar refractivity (Wildman–Crippen MR) is 110 cm³/mol. The third kappa shape index (κ3) is 7.69. The van der Waals surface area contributed by atoms with Crippen molar-refractivity contribution in [3.05, 3.63) is 77.9 Å². The number of carbonyl (C=O) groups excluding carboxylic acids is 1. The van der Waals surface area contributed by atoms with Crippen molar-refractivity contribution in [1.82, 2.24) is 0 Å². The van der Waals surface area contributed by atoms with Gasteiger partial charge in [0.15, 0.2) is 6.10 Å². The highest BCUT2D eigenvalue weighted by Crippen LogP contribution is 2.16. The first-order valence-corrected chi connectivity index (χ1v) is 9.44. The van der Waals surface area contributed by atoms with Crippen LogP contribution in [0.15, 0.2) is 66.7 Å². The van der Waals surface area contributed by atoms with E-state index in [-0.39, 0.29) is 5.97 Å². The first-order chi connectivity index (χ1) is 13.7. The van der Waals surface area contributed by atoms with Crippen LogP contribution in [0, 0.1) is 11.8 Å². The van der Waals surface area contributed by atoms with E-state index in [0.29, 0.717) is 26.2 Å². The minimum atomic E-state index is -0.603. The van der Waals surface area contributed by atoms with E-state index in [0.717, 1.165) is 16.9 Å². The molecule has 0 saturated heterocycles. The van der Waals surface area contributed by atoms with Crippen molar-refractivity contribution in [2.75, 3.05) is 19.8 Å². The summed E-state index contributed by atoms with van der Waals surface area (Å²) < 4.78 is 16.3. The van der Waals surface area contributed by atoms with Crippen LogP contribution in [-0.4, -0.2) is 31.9 Å². The lowest BCUT2D eigenvalue weighted by Gasteiger charge is -2.16. The lowest BCUT2D eigenvalue weighted by molar-refractivity contribution is -0.156. The molecule has 0 aliphatic rings. The summed E-state index contributed by atoms with van der Waals surface area (Å²) in [6.45, 7) is 4.85. The topological polar surface area (TPSA) is 44.8 Å². The number of benzene rings is 2. The fourth-order valence-corrected chi connectivity index (χ4v) is 2.52. The average molecular weight is 378 g/mol. The average Bonchev–Trinajstić information content (AvgIpc) is 2.71. The highest BCUT2D eigenvalue weighted by Gasteiger charge is 2.20. The molecule has 0 radical (unpaired) electrons. The molecule has 0 bridgehead atoms. The van der Waals surface area contributed by atoms with Gasteiger partial charge >= 0.3 is 5.97 Å². The first kappa shape index (κ1) is 21.3. The third-order valence-electron chi connectivity index (χ3n) is 3.77. The summed E-state index contributed by atoms with van der Waals surface area (Å²) >= 11 is 0. The van der Waals surface area contributed by atoms with E-state index in [1.54, 1.807) is 13.0 Å². The Hall–Kier alpha value is -3.03. The van der Waals surface area contributed by atoms with Gasteiger partial charge in [-0.05, 0) is 55.8 Å². The highest BCUT2D eigenvalue weighted by molar-refractivity contribution is 5.75. The molecule has 2 aromatic rings. The van der Waals surface area contributed by atoms with Crippen LogP contribution in [0.2, 0.25) is 0 Å². The molecule has 0 aliphatic carbocycles. The molecule has 28 heavy (non-hydrogen) atoms. The van der Waals surface area contributed by atoms with Gasteiger partial charge in [0.2, 0.25) is 0 Å². The Morgan fingerprint density at radius 1 is 1.07 bits per heavy atom. The second-order valence-electron chi connectivity index (χ2n) is 5.90. The van der Waals surface area contributed by atoms with Crippen LogP contribution in [0.5, 0.6) is 5.75 Å². The molecule has 0 unspecified atom stereocenters. The number of allylic oxidation sites excluding steroid dienone is 1. The minimum absolute atomic E-state index is 0.337. The van der Waals surface area contributed by atoms with Gasteiger partial charge in [0.1, 0.15) is 12.4 Å². The smallest absolute Gasteiger partial charge is 0.335 e. The summed E-state index contributed by atoms with van der Waals surface area (Å²) in [5, 5.41) is 0. The Balaban J connectivity index is 1.87. The maximum atomic E-state index is 12.0. The zero-order chi connectivity index (χ0) is 20.0. The van der Waals surface area contributed by atoms with Gasteiger partial charge in [0, 0.05) is 18.6 Å². The lowest BCUT2D eigenvalue weighted by Crippen LogP contribution is -2.29. The molecule has 4 heteroatoms. The molecule has 0 amide bonds. The maximum absolute atomic E-state index is 12.0. The highest BCUT2D eigenvalue weighted by atomic mass is 16.6. The standard InChI is InChI=1S/C24H26O4/c1-3-26-23(24(25)27-4-2)19-21-15-11-16-22(18-21)28-17-10-6-9-14-20-12-7-5-8-13-20/h5-8,10-13,15-16,18,23H,3-4,17,19H2,1-2H3/b10-6+/t23-/m0/s1. The van der Waals surface area contributed by atoms with Gasteiger partial charge in [-0.1, -0.05) is 42.2 Å². The molecule has 0 saturated carbocycles. The van der Waals surface area contributed by atoms with E-state index in [1.807, 2.05) is 67.6 Å². The van der Waals surface area contributed by atoms with Crippen LogP contribution in [0.4, 0.5) is 0 Å². The number of carbonyl (C=O) groups is 1. The number of ether oxygens (including phenoxy) is 3. The zero-order valence-electron chi connectivity index (χ0n) is 16.4. The van der Waals surface area contributed by atoms with Crippen LogP contribution in [0.3, 0.4) is 0 Å². The van der Waals surface area contributed by atoms with Gasteiger partial charge in [-0.15, -0.1) is 0 Å². The van der Waals surface area contributed by atoms with Crippen LogP contribution < -0.4 is 4.74 Å². The molecule has 146 valence electrons. The van der Waals surface area contributed by atoms with Crippen molar-refractivity contribution >= 4 is 5.97 Å². The predicted octanol–water partition coefficient (Wildman–Crippen LogP) is 4.18. The van der Waals surface area contributed by atoms with E-state index in [1.165, 1.54) is 0 Å². The van der Waals surface area contributed by atoms with E-state index in [9.17, 15) is 4.79 Å². The fraction of sp³-hybridized carbons (Fsp3) is 0.292. The zero-order valence-corrected chi connectivity index (χ0v) is 16.4. The lowest BCUT2D eigenvalue weighted by atomic mass is 10.1. The Morgan fingerprint density at radius 2 is 1.89 bits per heavy atom. The molecule has 0 aromatic heterocycles. The van der Waals surface area contributed by atoms with Gasteiger partial charge in [-0.3, -0.25) is 0 Å². The second kappa shape index (κ2) is 12.4. The van der Waals surface area contributed by atoms with E-state index < -0.39 is 6.10 Å². The molecule has 2 rings (SSSR count). The molecule has 0 aliphatic heterocycles. The molecule has 0 spiro atoms. The quantitative estimate of drug-likeness (QED) is 0.485. The number of hydrogen-bond donors (Lipinski definition) is 0. The molecule has 0 N–H and O–H groups in total. The monoisotopic (exact) mass is 378 g/mol. The fourth-order valence-electron chi connectivity index (χ4n) is 2.52. The second-order valence-corrected chi connectivity index (χ2v) is 5.90. The van der Waals surface area contributed by atoms with Crippen molar-refractivity contribution in [3.63, 3.8) is 0 Å². The SMILES string of the molecule is CCOC(=O)[C@H](Cc1cccc(OC/C=C/C#Cc2ccccc2)c1)OCC. The summed E-state index contributed by atoms with van der Waals surface area (Å²) in [7, 11) is 0. The number of hydrogen-bond acceptors (Lipinski definition) is 4. The van der Waals surface area contributed by atoms with Gasteiger partial charge in [-0.2, -0.15) is 0 Å². The van der Waals surface area contributed by atoms with Crippen molar-refractivity contribution in [2.24, 2.45) is 0 Å². The van der Waals surface area contributed by atoms with E-state index >= 15 is 0 Å². The van der Waals surface area contributed by atoms with E-state index in [2.05, 4.69) is 11.8 Å². The molecule has 4 nitrogen and oxygen atoms in total. The largest absolute Gasteiger partial charge is 0.490 e. The summed E-state index contributed by atoms with van der Waals surface area (Å²) in [6, 6.07) is 17.5. The molecule has 0 fully saturated rings. The Bertz CT molecular complexity index is 815. The maximum Gasteiger partial charge on any atom is 0.335 e. The van der Waals surface area contributed by atoms with Crippen molar-refractivity contribution in [1.29, 1.82) is 0 Å². The summed E-state index contributed by atoms with van der Waals surface area (Å²) in [6.07, 6.45) is 3.49. The third-order valence-corrected chi connectivity index (χ3v) is 3.77. The minimum Gasteiger partial charge on any atom is -0.490 e. The Labute approximate surface area is 167 Å². The first-order valence-electron chi connectivity index (χ1n) is 9.44. The van der Waals surface area contributed by atoms with Crippen molar-refractivity contribution in [3.8, 4) is 17.6 Å². The Kier molecular flexibility index (Phi) is 9.40. The summed E-state index contributed by atoms with van der Waals surface area (Å²) in [4.78, 5) is 12.0. The Morgan fingerprint density at radius 3 is 2.64 bits per heavy atom. The van der Waals surface area contributed by atoms with Crippen molar-refractivity contribution < 1.29 is 19.0 Å². The van der Waals surface area contributed by atoms with Crippen LogP contribution in [-0.2, 0) is 20.7 Å². The van der Waals surface area contributed by atoms with E-state index in [4.69, 9.17) is 14.2 Å². The van der Waals surface area contributed by atoms with Crippen molar-refractivity contribution in [2.45, 2.75) is 26.4 Å². The van der Waals surface area contributed by atoms with Gasteiger partial charge in [0.25, 0.3) is 0 Å². The van der Waals surface area contributed by atoms with Crippen LogP contribution in [0.1, 0.15) is 25.0 Å². The molecular weight excluding hydrogens is 352 g/mol. The number of esters is 1. The molecule has 0 heterocycles.